The van der Waals surface area contributed by atoms with Gasteiger partial charge in [0.15, 0.2) is 5.78 Å². The first-order valence-electron chi connectivity index (χ1n) is 9.07. The van der Waals surface area contributed by atoms with Crippen LogP contribution in [0.3, 0.4) is 0 Å². The third kappa shape index (κ3) is 3.57. The molecule has 1 fully saturated rings. The molecule has 1 aromatic carbocycles. The number of Topliss-reactive ketones (excluding diaryl/α,β-unsaturated/α-hetero) is 1. The van der Waals surface area contributed by atoms with Crippen LogP contribution in [0.5, 0.6) is 0 Å². The van der Waals surface area contributed by atoms with Gasteiger partial charge in [-0.1, -0.05) is 23.8 Å². The summed E-state index contributed by atoms with van der Waals surface area (Å²) in [5.41, 5.74) is 7.08. The van der Waals surface area contributed by atoms with Crippen LogP contribution in [-0.2, 0) is 17.8 Å². The fourth-order valence-corrected chi connectivity index (χ4v) is 3.78. The van der Waals surface area contributed by atoms with Gasteiger partial charge in [0.1, 0.15) is 0 Å². The lowest BCUT2D eigenvalue weighted by atomic mass is 9.87. The third-order valence-electron chi connectivity index (χ3n) is 5.22. The molecule has 2 aliphatic carbocycles. The summed E-state index contributed by atoms with van der Waals surface area (Å²) >= 11 is 0. The van der Waals surface area contributed by atoms with Gasteiger partial charge in [-0.05, 0) is 61.1 Å². The van der Waals surface area contributed by atoms with Gasteiger partial charge >= 0.3 is 0 Å². The van der Waals surface area contributed by atoms with E-state index in [0.717, 1.165) is 18.7 Å². The molecular formula is C22H24N2O. The molecule has 0 unspecified atom stereocenters. The van der Waals surface area contributed by atoms with Crippen LogP contribution in [0.25, 0.3) is 6.08 Å². The van der Waals surface area contributed by atoms with E-state index in [1.165, 1.54) is 40.7 Å². The van der Waals surface area contributed by atoms with Crippen molar-refractivity contribution >= 4 is 11.9 Å². The highest BCUT2D eigenvalue weighted by molar-refractivity contribution is 6.04. The Morgan fingerprint density at radius 1 is 1.20 bits per heavy atom. The quantitative estimate of drug-likeness (QED) is 0.833. The zero-order chi connectivity index (χ0) is 17.4. The largest absolute Gasteiger partial charge is 0.294 e. The molecule has 1 aromatic heterocycles. The summed E-state index contributed by atoms with van der Waals surface area (Å²) in [6, 6.07) is 9.07. The lowest BCUT2D eigenvalue weighted by Gasteiger charge is -2.25. The number of carbonyl (C=O) groups excluding carboxylic acids is 1. The Kier molecular flexibility index (Phi) is 4.26. The van der Waals surface area contributed by atoms with Gasteiger partial charge in [0.25, 0.3) is 0 Å². The van der Waals surface area contributed by atoms with E-state index in [4.69, 9.17) is 0 Å². The first-order chi connectivity index (χ1) is 12.1. The average Bonchev–Trinajstić information content (AvgIpc) is 3.41. The number of pyridine rings is 1. The molecule has 0 spiro atoms. The van der Waals surface area contributed by atoms with E-state index in [2.05, 4.69) is 48.0 Å². The number of ketones is 1. The molecule has 2 aromatic rings. The van der Waals surface area contributed by atoms with Gasteiger partial charge in [-0.2, -0.15) is 0 Å². The number of nitrogens with zero attached hydrogens (tertiary/aromatic N) is 2. The van der Waals surface area contributed by atoms with E-state index in [1.54, 1.807) is 6.20 Å². The van der Waals surface area contributed by atoms with Crippen molar-refractivity contribution < 1.29 is 4.79 Å². The summed E-state index contributed by atoms with van der Waals surface area (Å²) in [6.07, 6.45) is 8.86. The number of aromatic nitrogens is 1. The maximum Gasteiger partial charge on any atom is 0.164 e. The minimum absolute atomic E-state index is 0.274. The van der Waals surface area contributed by atoms with Crippen LogP contribution < -0.4 is 0 Å². The highest BCUT2D eigenvalue weighted by atomic mass is 16.1. The van der Waals surface area contributed by atoms with Crippen LogP contribution in [0.1, 0.15) is 40.7 Å². The maximum atomic E-state index is 12.7. The molecule has 4 rings (SSSR count). The van der Waals surface area contributed by atoms with Gasteiger partial charge in [0.05, 0.1) is 0 Å². The normalized spacial score (nSPS) is 16.8. The second-order valence-corrected chi connectivity index (χ2v) is 7.42. The Hall–Kier alpha value is -2.26. The molecule has 25 heavy (non-hydrogen) atoms. The van der Waals surface area contributed by atoms with Crippen molar-refractivity contribution in [2.45, 2.75) is 45.7 Å². The number of aryl methyl sites for hydroxylation is 2. The number of benzene rings is 1. The summed E-state index contributed by atoms with van der Waals surface area (Å²) < 4.78 is 0. The Morgan fingerprint density at radius 3 is 2.76 bits per heavy atom. The lowest BCUT2D eigenvalue weighted by molar-refractivity contribution is -0.115. The van der Waals surface area contributed by atoms with E-state index >= 15 is 0 Å². The highest BCUT2D eigenvalue weighted by Crippen LogP contribution is 2.31. The van der Waals surface area contributed by atoms with Gasteiger partial charge in [-0.3, -0.25) is 14.7 Å². The van der Waals surface area contributed by atoms with Crippen molar-refractivity contribution in [3.63, 3.8) is 0 Å². The zero-order valence-corrected chi connectivity index (χ0v) is 15.0. The van der Waals surface area contributed by atoms with Gasteiger partial charge < -0.3 is 0 Å². The molecule has 0 atom stereocenters. The lowest BCUT2D eigenvalue weighted by Crippen LogP contribution is -2.31. The Bertz CT molecular complexity index is 835. The van der Waals surface area contributed by atoms with Crippen molar-refractivity contribution in [3.8, 4) is 0 Å². The predicted molar refractivity (Wildman–Crippen MR) is 100 cm³/mol. The average molecular weight is 332 g/mol. The summed E-state index contributed by atoms with van der Waals surface area (Å²) in [4.78, 5) is 19.4. The van der Waals surface area contributed by atoms with Crippen LogP contribution in [0, 0.1) is 13.8 Å². The van der Waals surface area contributed by atoms with E-state index in [9.17, 15) is 4.79 Å². The number of hydrogen-bond acceptors (Lipinski definition) is 3. The van der Waals surface area contributed by atoms with Crippen LogP contribution in [0.15, 0.2) is 42.2 Å². The van der Waals surface area contributed by atoms with Crippen molar-refractivity contribution in [1.29, 1.82) is 0 Å². The number of carbonyl (C=O) groups is 1. The van der Waals surface area contributed by atoms with Crippen LogP contribution >= 0.6 is 0 Å². The second kappa shape index (κ2) is 6.57. The standard InChI is InChI=1S/C22H24N2O/c1-15-8-16(2)21-11-22(25)19(10-18(21)9-15)14-24(20-5-6-20)13-17-4-3-7-23-12-17/h3-4,7-10,12,20H,5-6,11,13-14H2,1-2H3. The summed E-state index contributed by atoms with van der Waals surface area (Å²) in [6.45, 7) is 5.83. The zero-order valence-electron chi connectivity index (χ0n) is 15.0. The van der Waals surface area contributed by atoms with E-state index in [-0.39, 0.29) is 5.78 Å². The Morgan fingerprint density at radius 2 is 2.04 bits per heavy atom. The topological polar surface area (TPSA) is 33.2 Å². The minimum Gasteiger partial charge on any atom is -0.294 e. The summed E-state index contributed by atoms with van der Waals surface area (Å²) in [5.74, 6) is 0.274. The van der Waals surface area contributed by atoms with Crippen molar-refractivity contribution in [2.24, 2.45) is 0 Å². The van der Waals surface area contributed by atoms with E-state index in [0.29, 0.717) is 12.5 Å². The molecule has 1 saturated carbocycles. The molecular weight excluding hydrogens is 308 g/mol. The van der Waals surface area contributed by atoms with Crippen LogP contribution in [0.2, 0.25) is 0 Å². The Balaban J connectivity index is 1.59. The number of hydrogen-bond donors (Lipinski definition) is 0. The van der Waals surface area contributed by atoms with E-state index in [1.807, 2.05) is 12.3 Å². The maximum absolute atomic E-state index is 12.7. The molecule has 0 saturated heterocycles. The summed E-state index contributed by atoms with van der Waals surface area (Å²) in [5, 5.41) is 0. The molecule has 0 amide bonds. The molecule has 0 aliphatic heterocycles. The van der Waals surface area contributed by atoms with Crippen LogP contribution in [0.4, 0.5) is 0 Å². The van der Waals surface area contributed by atoms with Gasteiger partial charge in [-0.15, -0.1) is 0 Å². The fraction of sp³-hybridized carbons (Fsp3) is 0.364. The molecule has 0 bridgehead atoms. The summed E-state index contributed by atoms with van der Waals surface area (Å²) in [7, 11) is 0. The molecule has 2 aliphatic rings. The van der Waals surface area contributed by atoms with Gasteiger partial charge in [-0.25, -0.2) is 0 Å². The molecule has 1 heterocycles. The number of rotatable bonds is 5. The number of fused-ring (bicyclic) bond motifs is 1. The fourth-order valence-electron chi connectivity index (χ4n) is 3.78. The van der Waals surface area contributed by atoms with Crippen molar-refractivity contribution in [2.75, 3.05) is 6.54 Å². The monoisotopic (exact) mass is 332 g/mol. The van der Waals surface area contributed by atoms with Crippen LogP contribution in [-0.4, -0.2) is 28.3 Å². The predicted octanol–water partition coefficient (Wildman–Crippen LogP) is 3.87. The first-order valence-corrected chi connectivity index (χ1v) is 9.07. The smallest absolute Gasteiger partial charge is 0.164 e. The Labute approximate surface area is 149 Å². The third-order valence-corrected chi connectivity index (χ3v) is 5.22. The van der Waals surface area contributed by atoms with Gasteiger partial charge in [0, 0.05) is 43.5 Å². The highest BCUT2D eigenvalue weighted by Gasteiger charge is 2.31. The second-order valence-electron chi connectivity index (χ2n) is 7.42. The molecule has 0 radical (unpaired) electrons. The van der Waals surface area contributed by atoms with Crippen molar-refractivity contribution in [3.05, 3.63) is 70.0 Å². The molecule has 3 heteroatoms. The first kappa shape index (κ1) is 16.2. The van der Waals surface area contributed by atoms with E-state index < -0.39 is 0 Å². The van der Waals surface area contributed by atoms with Crippen molar-refractivity contribution in [1.82, 2.24) is 9.88 Å². The molecule has 128 valence electrons. The molecule has 0 N–H and O–H groups in total. The van der Waals surface area contributed by atoms with Gasteiger partial charge in [0.2, 0.25) is 0 Å². The SMILES string of the molecule is Cc1cc(C)c2c(c1)C=C(CN(Cc1cccnc1)C1CC1)C(=O)C2. The minimum atomic E-state index is 0.274. The molecule has 3 nitrogen and oxygen atoms in total.